The number of nitrogens with zero attached hydrogens (tertiary/aromatic N) is 2. The highest BCUT2D eigenvalue weighted by atomic mass is 19.1. The van der Waals surface area contributed by atoms with Crippen LogP contribution in [0.2, 0.25) is 0 Å². The summed E-state index contributed by atoms with van der Waals surface area (Å²) in [5.41, 5.74) is 2.88. The Labute approximate surface area is 133 Å². The minimum absolute atomic E-state index is 0.156. The van der Waals surface area contributed by atoms with Gasteiger partial charge in [-0.15, -0.1) is 0 Å². The molecule has 0 bridgehead atoms. The third-order valence-corrected chi connectivity index (χ3v) is 3.68. The Bertz CT molecular complexity index is 718. The molecule has 3 rings (SSSR count). The Hall–Kier alpha value is -2.53. The molecule has 0 aliphatic carbocycles. The molecule has 118 valence electrons. The van der Waals surface area contributed by atoms with Crippen LogP contribution in [0.1, 0.15) is 22.7 Å². The Morgan fingerprint density at radius 3 is 1.91 bits per heavy atom. The van der Waals surface area contributed by atoms with Gasteiger partial charge in [0, 0.05) is 25.4 Å². The summed E-state index contributed by atoms with van der Waals surface area (Å²) in [5, 5.41) is 7.56. The molecule has 0 atom stereocenters. The predicted octanol–water partition coefficient (Wildman–Crippen LogP) is 3.58. The Morgan fingerprint density at radius 2 is 1.48 bits per heavy atom. The lowest BCUT2D eigenvalue weighted by molar-refractivity contribution is 0.592. The quantitative estimate of drug-likeness (QED) is 0.780. The average Bonchev–Trinajstić information content (AvgIpc) is 2.96. The first-order valence-corrected chi connectivity index (χ1v) is 7.33. The summed E-state index contributed by atoms with van der Waals surface area (Å²) in [7, 11) is 1.86. The standard InChI is InChI=1S/C18H17F2N3/c1-23-12-13(11-22-23)10-21-18(14-2-6-16(19)7-3-14)15-4-8-17(20)9-5-15/h2-9,11-12,18,21H,10H2,1H3. The molecule has 2 aromatic carbocycles. The monoisotopic (exact) mass is 313 g/mol. The van der Waals surface area contributed by atoms with Gasteiger partial charge in [0.2, 0.25) is 0 Å². The average molecular weight is 313 g/mol. The van der Waals surface area contributed by atoms with Crippen molar-refractivity contribution in [3.05, 3.63) is 89.2 Å². The van der Waals surface area contributed by atoms with Crippen molar-refractivity contribution in [1.29, 1.82) is 0 Å². The van der Waals surface area contributed by atoms with Crippen molar-refractivity contribution in [2.45, 2.75) is 12.6 Å². The fourth-order valence-corrected chi connectivity index (χ4v) is 2.52. The number of aryl methyl sites for hydroxylation is 1. The van der Waals surface area contributed by atoms with E-state index in [1.165, 1.54) is 24.3 Å². The van der Waals surface area contributed by atoms with Gasteiger partial charge in [-0.05, 0) is 35.4 Å². The summed E-state index contributed by atoms with van der Waals surface area (Å²) in [4.78, 5) is 0. The van der Waals surface area contributed by atoms with E-state index in [9.17, 15) is 8.78 Å². The van der Waals surface area contributed by atoms with Crippen molar-refractivity contribution >= 4 is 0 Å². The number of nitrogens with one attached hydrogen (secondary N) is 1. The lowest BCUT2D eigenvalue weighted by atomic mass is 9.98. The van der Waals surface area contributed by atoms with Gasteiger partial charge in [0.1, 0.15) is 11.6 Å². The predicted molar refractivity (Wildman–Crippen MR) is 84.7 cm³/mol. The van der Waals surface area contributed by atoms with E-state index in [1.54, 1.807) is 35.1 Å². The van der Waals surface area contributed by atoms with Crippen molar-refractivity contribution < 1.29 is 8.78 Å². The fraction of sp³-hybridized carbons (Fsp3) is 0.167. The zero-order valence-electron chi connectivity index (χ0n) is 12.7. The topological polar surface area (TPSA) is 29.9 Å². The first kappa shape index (κ1) is 15.4. The normalized spacial score (nSPS) is 11.1. The van der Waals surface area contributed by atoms with Crippen LogP contribution in [0.25, 0.3) is 0 Å². The summed E-state index contributed by atoms with van der Waals surface area (Å²) in [6.45, 7) is 0.604. The molecule has 0 saturated carbocycles. The van der Waals surface area contributed by atoms with Gasteiger partial charge in [0.25, 0.3) is 0 Å². The van der Waals surface area contributed by atoms with Crippen LogP contribution >= 0.6 is 0 Å². The van der Waals surface area contributed by atoms with E-state index in [0.29, 0.717) is 6.54 Å². The maximum Gasteiger partial charge on any atom is 0.123 e. The maximum absolute atomic E-state index is 13.2. The Balaban J connectivity index is 1.86. The van der Waals surface area contributed by atoms with E-state index in [-0.39, 0.29) is 17.7 Å². The molecule has 3 nitrogen and oxygen atoms in total. The summed E-state index contributed by atoms with van der Waals surface area (Å²) < 4.78 is 28.1. The number of rotatable bonds is 5. The van der Waals surface area contributed by atoms with Crippen LogP contribution in [0.4, 0.5) is 8.78 Å². The molecule has 0 radical (unpaired) electrons. The maximum atomic E-state index is 13.2. The first-order valence-electron chi connectivity index (χ1n) is 7.33. The van der Waals surface area contributed by atoms with Crippen molar-refractivity contribution in [3.63, 3.8) is 0 Å². The van der Waals surface area contributed by atoms with Gasteiger partial charge >= 0.3 is 0 Å². The van der Waals surface area contributed by atoms with Crippen molar-refractivity contribution in [2.24, 2.45) is 7.05 Å². The second-order valence-corrected chi connectivity index (χ2v) is 5.44. The van der Waals surface area contributed by atoms with Gasteiger partial charge in [-0.25, -0.2) is 8.78 Å². The van der Waals surface area contributed by atoms with E-state index in [1.807, 2.05) is 13.2 Å². The minimum Gasteiger partial charge on any atom is -0.302 e. The van der Waals surface area contributed by atoms with Gasteiger partial charge in [-0.3, -0.25) is 4.68 Å². The molecule has 0 aliphatic rings. The minimum atomic E-state index is -0.279. The molecule has 0 aliphatic heterocycles. The van der Waals surface area contributed by atoms with Gasteiger partial charge < -0.3 is 5.32 Å². The summed E-state index contributed by atoms with van der Waals surface area (Å²) in [6.07, 6.45) is 3.72. The number of hydrogen-bond donors (Lipinski definition) is 1. The van der Waals surface area contributed by atoms with Crippen LogP contribution in [0.15, 0.2) is 60.9 Å². The van der Waals surface area contributed by atoms with E-state index < -0.39 is 0 Å². The lowest BCUT2D eigenvalue weighted by Crippen LogP contribution is -2.22. The Morgan fingerprint density at radius 1 is 0.957 bits per heavy atom. The molecule has 5 heteroatoms. The van der Waals surface area contributed by atoms with Crippen molar-refractivity contribution in [2.75, 3.05) is 0 Å². The third-order valence-electron chi connectivity index (χ3n) is 3.68. The number of halogens is 2. The zero-order chi connectivity index (χ0) is 16.2. The fourth-order valence-electron chi connectivity index (χ4n) is 2.52. The molecule has 0 spiro atoms. The molecule has 0 amide bonds. The molecule has 3 aromatic rings. The van der Waals surface area contributed by atoms with Crippen LogP contribution < -0.4 is 5.32 Å². The number of aromatic nitrogens is 2. The zero-order valence-corrected chi connectivity index (χ0v) is 12.7. The van der Waals surface area contributed by atoms with Crippen LogP contribution in [0.5, 0.6) is 0 Å². The molecular weight excluding hydrogens is 296 g/mol. The highest BCUT2D eigenvalue weighted by Gasteiger charge is 2.14. The van der Waals surface area contributed by atoms with Gasteiger partial charge in [0.15, 0.2) is 0 Å². The Kier molecular flexibility index (Phi) is 4.48. The molecule has 23 heavy (non-hydrogen) atoms. The molecular formula is C18H17F2N3. The van der Waals surface area contributed by atoms with E-state index in [4.69, 9.17) is 0 Å². The number of benzene rings is 2. The highest BCUT2D eigenvalue weighted by Crippen LogP contribution is 2.23. The largest absolute Gasteiger partial charge is 0.302 e. The van der Waals surface area contributed by atoms with Crippen molar-refractivity contribution in [1.82, 2.24) is 15.1 Å². The molecule has 1 N–H and O–H groups in total. The smallest absolute Gasteiger partial charge is 0.123 e. The second-order valence-electron chi connectivity index (χ2n) is 5.44. The number of hydrogen-bond acceptors (Lipinski definition) is 2. The van der Waals surface area contributed by atoms with E-state index >= 15 is 0 Å². The summed E-state index contributed by atoms with van der Waals surface area (Å²) in [5.74, 6) is -0.558. The van der Waals surface area contributed by atoms with Gasteiger partial charge in [-0.1, -0.05) is 24.3 Å². The van der Waals surface area contributed by atoms with Gasteiger partial charge in [-0.2, -0.15) is 5.10 Å². The lowest BCUT2D eigenvalue weighted by Gasteiger charge is -2.19. The van der Waals surface area contributed by atoms with Crippen LogP contribution in [-0.4, -0.2) is 9.78 Å². The summed E-state index contributed by atoms with van der Waals surface area (Å²) in [6, 6.07) is 12.5. The first-order chi connectivity index (χ1) is 11.1. The molecule has 0 saturated heterocycles. The molecule has 0 unspecified atom stereocenters. The van der Waals surface area contributed by atoms with Gasteiger partial charge in [0.05, 0.1) is 12.2 Å². The molecule has 0 fully saturated rings. The SMILES string of the molecule is Cn1cc(CNC(c2ccc(F)cc2)c2ccc(F)cc2)cn1. The highest BCUT2D eigenvalue weighted by molar-refractivity contribution is 5.32. The summed E-state index contributed by atoms with van der Waals surface area (Å²) >= 11 is 0. The van der Waals surface area contributed by atoms with Crippen molar-refractivity contribution in [3.8, 4) is 0 Å². The van der Waals surface area contributed by atoms with E-state index in [2.05, 4.69) is 10.4 Å². The molecule has 1 aromatic heterocycles. The molecule has 1 heterocycles. The van der Waals surface area contributed by atoms with Crippen LogP contribution in [0, 0.1) is 11.6 Å². The second kappa shape index (κ2) is 6.71. The van der Waals surface area contributed by atoms with Crippen LogP contribution in [0.3, 0.4) is 0 Å². The van der Waals surface area contributed by atoms with Crippen LogP contribution in [-0.2, 0) is 13.6 Å². The third kappa shape index (κ3) is 3.81. The van der Waals surface area contributed by atoms with E-state index in [0.717, 1.165) is 16.7 Å².